The molecule has 4 nitrogen and oxygen atoms in total. The highest BCUT2D eigenvalue weighted by Crippen LogP contribution is 2.20. The van der Waals surface area contributed by atoms with E-state index in [1.54, 1.807) is 13.2 Å². The fourth-order valence-electron chi connectivity index (χ4n) is 1.75. The summed E-state index contributed by atoms with van der Waals surface area (Å²) in [5, 5.41) is 5.53. The second-order valence-electron chi connectivity index (χ2n) is 4.18. The van der Waals surface area contributed by atoms with E-state index < -0.39 is 0 Å². The zero-order valence-electron chi connectivity index (χ0n) is 10.9. The predicted molar refractivity (Wildman–Crippen MR) is 76.8 cm³/mol. The van der Waals surface area contributed by atoms with Crippen LogP contribution in [0.1, 0.15) is 5.56 Å². The van der Waals surface area contributed by atoms with Crippen LogP contribution in [0, 0.1) is 6.92 Å². The van der Waals surface area contributed by atoms with Crippen LogP contribution in [0.3, 0.4) is 0 Å². The van der Waals surface area contributed by atoms with Gasteiger partial charge in [-0.1, -0.05) is 18.2 Å². The number of methoxy groups -OCH3 is 1. The molecule has 0 spiro atoms. The van der Waals surface area contributed by atoms with Crippen molar-refractivity contribution < 1.29 is 9.53 Å². The molecule has 0 aromatic heterocycles. The number of ether oxygens (including phenoxy) is 1. The average molecular weight is 256 g/mol. The van der Waals surface area contributed by atoms with E-state index in [0.717, 1.165) is 17.0 Å². The van der Waals surface area contributed by atoms with E-state index in [4.69, 9.17) is 4.74 Å². The van der Waals surface area contributed by atoms with Gasteiger partial charge in [0.2, 0.25) is 0 Å². The Balaban J connectivity index is 2.05. The molecule has 0 atom stereocenters. The molecular weight excluding hydrogens is 240 g/mol. The number of hydrogen-bond acceptors (Lipinski definition) is 2. The first-order valence-electron chi connectivity index (χ1n) is 5.96. The van der Waals surface area contributed by atoms with Gasteiger partial charge in [-0.15, -0.1) is 0 Å². The van der Waals surface area contributed by atoms with Crippen LogP contribution in [-0.4, -0.2) is 13.1 Å². The van der Waals surface area contributed by atoms with Crippen LogP contribution in [-0.2, 0) is 0 Å². The summed E-state index contributed by atoms with van der Waals surface area (Å²) in [7, 11) is 1.60. The Morgan fingerprint density at radius 1 is 1.00 bits per heavy atom. The summed E-state index contributed by atoms with van der Waals surface area (Å²) < 4.78 is 5.16. The summed E-state index contributed by atoms with van der Waals surface area (Å²) in [5.41, 5.74) is 2.47. The average Bonchev–Trinajstić information content (AvgIpc) is 2.38. The number of para-hydroxylation sites is 1. The lowest BCUT2D eigenvalue weighted by Crippen LogP contribution is -2.19. The third kappa shape index (κ3) is 3.74. The van der Waals surface area contributed by atoms with E-state index in [-0.39, 0.29) is 6.03 Å². The van der Waals surface area contributed by atoms with Gasteiger partial charge in [-0.05, 0) is 36.8 Å². The molecule has 0 aliphatic carbocycles. The zero-order valence-corrected chi connectivity index (χ0v) is 10.9. The molecule has 98 valence electrons. The van der Waals surface area contributed by atoms with Crippen LogP contribution in [0.15, 0.2) is 48.5 Å². The number of carbonyl (C=O) groups excluding carboxylic acids is 1. The van der Waals surface area contributed by atoms with Crippen molar-refractivity contribution in [3.8, 4) is 5.75 Å². The summed E-state index contributed by atoms with van der Waals surface area (Å²) in [6.07, 6.45) is 0. The van der Waals surface area contributed by atoms with Crippen molar-refractivity contribution in [1.29, 1.82) is 0 Å². The van der Waals surface area contributed by atoms with Gasteiger partial charge in [0.15, 0.2) is 0 Å². The molecule has 0 bridgehead atoms. The van der Waals surface area contributed by atoms with E-state index in [0.29, 0.717) is 5.69 Å². The maximum Gasteiger partial charge on any atom is 0.323 e. The Hall–Kier alpha value is -2.49. The Labute approximate surface area is 112 Å². The quantitative estimate of drug-likeness (QED) is 0.880. The molecule has 2 aromatic carbocycles. The fraction of sp³-hybridized carbons (Fsp3) is 0.133. The lowest BCUT2D eigenvalue weighted by molar-refractivity contribution is 0.262. The van der Waals surface area contributed by atoms with E-state index in [2.05, 4.69) is 10.6 Å². The largest absolute Gasteiger partial charge is 0.497 e. The molecule has 0 aliphatic heterocycles. The Morgan fingerprint density at radius 2 is 1.68 bits per heavy atom. The van der Waals surface area contributed by atoms with Crippen molar-refractivity contribution >= 4 is 17.4 Å². The number of rotatable bonds is 3. The zero-order chi connectivity index (χ0) is 13.7. The molecule has 19 heavy (non-hydrogen) atoms. The van der Waals surface area contributed by atoms with Crippen LogP contribution >= 0.6 is 0 Å². The summed E-state index contributed by atoms with van der Waals surface area (Å²) in [6.45, 7) is 1.95. The molecule has 0 unspecified atom stereocenters. The molecule has 2 amide bonds. The number of carbonyl (C=O) groups is 1. The minimum absolute atomic E-state index is 0.279. The smallest absolute Gasteiger partial charge is 0.323 e. The number of urea groups is 1. The normalized spacial score (nSPS) is 9.79. The Kier molecular flexibility index (Phi) is 4.03. The van der Waals surface area contributed by atoms with Crippen LogP contribution in [0.25, 0.3) is 0 Å². The Morgan fingerprint density at radius 3 is 2.37 bits per heavy atom. The molecule has 4 heteroatoms. The van der Waals surface area contributed by atoms with Gasteiger partial charge in [-0.25, -0.2) is 4.79 Å². The second-order valence-corrected chi connectivity index (χ2v) is 4.18. The predicted octanol–water partition coefficient (Wildman–Crippen LogP) is 3.65. The first-order valence-corrected chi connectivity index (χ1v) is 5.96. The SMILES string of the molecule is COc1cc(C)cc(NC(=O)Nc2ccccc2)c1. The summed E-state index contributed by atoms with van der Waals surface area (Å²) >= 11 is 0. The van der Waals surface area contributed by atoms with E-state index >= 15 is 0 Å². The highest BCUT2D eigenvalue weighted by molar-refractivity contribution is 5.99. The van der Waals surface area contributed by atoms with Gasteiger partial charge in [0.05, 0.1) is 7.11 Å². The lowest BCUT2D eigenvalue weighted by atomic mass is 10.2. The summed E-state index contributed by atoms with van der Waals surface area (Å²) in [5.74, 6) is 0.718. The maximum atomic E-state index is 11.8. The number of aryl methyl sites for hydroxylation is 1. The second kappa shape index (κ2) is 5.91. The van der Waals surface area contributed by atoms with Gasteiger partial charge >= 0.3 is 6.03 Å². The standard InChI is InChI=1S/C15H16N2O2/c1-11-8-13(10-14(9-11)19-2)17-15(18)16-12-6-4-3-5-7-12/h3-10H,1-2H3,(H2,16,17,18). The molecule has 2 aromatic rings. The van der Waals surface area contributed by atoms with Gasteiger partial charge in [-0.2, -0.15) is 0 Å². The number of amides is 2. The third-order valence-electron chi connectivity index (χ3n) is 2.58. The number of hydrogen-bond donors (Lipinski definition) is 2. The van der Waals surface area contributed by atoms with Crippen molar-refractivity contribution in [3.63, 3.8) is 0 Å². The summed E-state index contributed by atoms with van der Waals surface area (Å²) in [6, 6.07) is 14.6. The van der Waals surface area contributed by atoms with E-state index in [1.807, 2.05) is 49.4 Å². The van der Waals surface area contributed by atoms with Gasteiger partial charge < -0.3 is 15.4 Å². The minimum atomic E-state index is -0.279. The van der Waals surface area contributed by atoms with Crippen molar-refractivity contribution in [2.75, 3.05) is 17.7 Å². The van der Waals surface area contributed by atoms with Crippen LogP contribution < -0.4 is 15.4 Å². The highest BCUT2D eigenvalue weighted by Gasteiger charge is 2.04. The van der Waals surface area contributed by atoms with Crippen molar-refractivity contribution in [1.82, 2.24) is 0 Å². The fourth-order valence-corrected chi connectivity index (χ4v) is 1.75. The Bertz CT molecular complexity index is 568. The monoisotopic (exact) mass is 256 g/mol. The van der Waals surface area contributed by atoms with Gasteiger partial charge in [0.1, 0.15) is 5.75 Å². The van der Waals surface area contributed by atoms with Crippen LogP contribution in [0.4, 0.5) is 16.2 Å². The van der Waals surface area contributed by atoms with Gasteiger partial charge in [-0.3, -0.25) is 0 Å². The third-order valence-corrected chi connectivity index (χ3v) is 2.58. The number of nitrogens with one attached hydrogen (secondary N) is 2. The summed E-state index contributed by atoms with van der Waals surface area (Å²) in [4.78, 5) is 11.8. The van der Waals surface area contributed by atoms with Crippen molar-refractivity contribution in [2.45, 2.75) is 6.92 Å². The van der Waals surface area contributed by atoms with Crippen LogP contribution in [0.2, 0.25) is 0 Å². The van der Waals surface area contributed by atoms with Crippen LogP contribution in [0.5, 0.6) is 5.75 Å². The number of anilines is 2. The minimum Gasteiger partial charge on any atom is -0.497 e. The molecule has 0 saturated heterocycles. The highest BCUT2D eigenvalue weighted by atomic mass is 16.5. The first-order chi connectivity index (χ1) is 9.17. The van der Waals surface area contributed by atoms with Gasteiger partial charge in [0.25, 0.3) is 0 Å². The molecule has 0 radical (unpaired) electrons. The first kappa shape index (κ1) is 13.0. The van der Waals surface area contributed by atoms with E-state index in [1.165, 1.54) is 0 Å². The lowest BCUT2D eigenvalue weighted by Gasteiger charge is -2.10. The molecule has 2 N–H and O–H groups in total. The molecule has 0 saturated carbocycles. The number of benzene rings is 2. The van der Waals surface area contributed by atoms with Gasteiger partial charge in [0, 0.05) is 17.4 Å². The molecule has 0 fully saturated rings. The molecule has 2 rings (SSSR count). The van der Waals surface area contributed by atoms with Crippen molar-refractivity contribution in [3.05, 3.63) is 54.1 Å². The van der Waals surface area contributed by atoms with Crippen molar-refractivity contribution in [2.24, 2.45) is 0 Å². The molecule has 0 aliphatic rings. The maximum absolute atomic E-state index is 11.8. The van der Waals surface area contributed by atoms with E-state index in [9.17, 15) is 4.79 Å². The molecule has 0 heterocycles. The molecular formula is C15H16N2O2. The topological polar surface area (TPSA) is 50.4 Å².